The first-order chi connectivity index (χ1) is 8.75. The Morgan fingerprint density at radius 3 is 2.78 bits per heavy atom. The summed E-state index contributed by atoms with van der Waals surface area (Å²) in [7, 11) is 0. The summed E-state index contributed by atoms with van der Waals surface area (Å²) in [5.74, 6) is -0.0370. The van der Waals surface area contributed by atoms with E-state index in [4.69, 9.17) is 0 Å². The van der Waals surface area contributed by atoms with Crippen LogP contribution in [0.5, 0.6) is 0 Å². The molecule has 0 unspecified atom stereocenters. The number of aryl methyl sites for hydroxylation is 1. The lowest BCUT2D eigenvalue weighted by molar-refractivity contribution is 0.0952. The van der Waals surface area contributed by atoms with E-state index in [9.17, 15) is 4.79 Å². The first-order valence-electron chi connectivity index (χ1n) is 5.62. The topological polar surface area (TPSA) is 59.8 Å². The Balaban J connectivity index is 1.73. The average Bonchev–Trinajstić information content (AvgIpc) is 2.88. The van der Waals surface area contributed by atoms with E-state index < -0.39 is 0 Å². The second-order valence-corrected chi connectivity index (χ2v) is 5.02. The molecule has 2 rings (SSSR count). The molecule has 1 aromatic carbocycles. The predicted molar refractivity (Wildman–Crippen MR) is 76.1 cm³/mol. The second kappa shape index (κ2) is 6.48. The van der Waals surface area contributed by atoms with Gasteiger partial charge in [0.15, 0.2) is 0 Å². The first-order valence-corrected chi connectivity index (χ1v) is 6.70. The van der Waals surface area contributed by atoms with Gasteiger partial charge in [-0.05, 0) is 53.3 Å². The molecule has 6 heteroatoms. The summed E-state index contributed by atoms with van der Waals surface area (Å²) in [6.07, 6.45) is 4.00. The summed E-state index contributed by atoms with van der Waals surface area (Å²) in [5.41, 5.74) is 0.691. The van der Waals surface area contributed by atoms with Crippen molar-refractivity contribution in [2.75, 3.05) is 6.54 Å². The first kappa shape index (κ1) is 13.0. The highest BCUT2D eigenvalue weighted by Crippen LogP contribution is 2.06. The van der Waals surface area contributed by atoms with Gasteiger partial charge in [0.25, 0.3) is 5.91 Å². The molecule has 0 aliphatic carbocycles. The minimum Gasteiger partial charge on any atom is -0.352 e. The van der Waals surface area contributed by atoms with E-state index in [0.717, 1.165) is 16.5 Å². The van der Waals surface area contributed by atoms with Crippen LogP contribution in [0.1, 0.15) is 16.8 Å². The van der Waals surface area contributed by atoms with Crippen LogP contribution in [0.2, 0.25) is 0 Å². The summed E-state index contributed by atoms with van der Waals surface area (Å²) in [4.78, 5) is 15.6. The van der Waals surface area contributed by atoms with Crippen LogP contribution in [0.3, 0.4) is 0 Å². The molecule has 2 aromatic rings. The zero-order valence-electron chi connectivity index (χ0n) is 9.71. The molecule has 0 saturated heterocycles. The van der Waals surface area contributed by atoms with Gasteiger partial charge in [0.1, 0.15) is 12.7 Å². The van der Waals surface area contributed by atoms with E-state index in [1.54, 1.807) is 11.0 Å². The summed E-state index contributed by atoms with van der Waals surface area (Å²) in [5, 5.41) is 6.87. The fourth-order valence-electron chi connectivity index (χ4n) is 1.49. The number of aromatic nitrogens is 3. The molecule has 1 aromatic heterocycles. The number of rotatable bonds is 5. The van der Waals surface area contributed by atoms with Gasteiger partial charge in [0.05, 0.1) is 0 Å². The molecule has 0 bridgehead atoms. The van der Waals surface area contributed by atoms with Crippen LogP contribution < -0.4 is 5.32 Å². The van der Waals surface area contributed by atoms with E-state index in [-0.39, 0.29) is 5.91 Å². The molecule has 0 radical (unpaired) electrons. The Labute approximate surface area is 119 Å². The molecule has 1 heterocycles. The minimum absolute atomic E-state index is 0.0370. The number of hydrogen-bond acceptors (Lipinski definition) is 3. The molecule has 0 spiro atoms. The summed E-state index contributed by atoms with van der Waals surface area (Å²) < 4.78 is 2.87. The number of carbonyl (C=O) groups excluding carboxylic acids is 1. The van der Waals surface area contributed by atoms with Crippen molar-refractivity contribution in [3.05, 3.63) is 46.1 Å². The van der Waals surface area contributed by atoms with Crippen molar-refractivity contribution in [2.45, 2.75) is 13.0 Å². The van der Waals surface area contributed by atoms with Crippen LogP contribution in [0.4, 0.5) is 0 Å². The highest BCUT2D eigenvalue weighted by atomic mass is 127. The molecule has 94 valence electrons. The number of hydrogen-bond donors (Lipinski definition) is 1. The van der Waals surface area contributed by atoms with E-state index in [1.165, 1.54) is 6.33 Å². The largest absolute Gasteiger partial charge is 0.352 e. The molecule has 0 saturated carbocycles. The normalized spacial score (nSPS) is 10.3. The Kier molecular flexibility index (Phi) is 4.68. The fraction of sp³-hybridized carbons (Fsp3) is 0.250. The maximum absolute atomic E-state index is 11.8. The summed E-state index contributed by atoms with van der Waals surface area (Å²) >= 11 is 2.21. The van der Waals surface area contributed by atoms with Crippen molar-refractivity contribution in [3.8, 4) is 0 Å². The van der Waals surface area contributed by atoms with Gasteiger partial charge in [0.2, 0.25) is 0 Å². The van der Waals surface area contributed by atoms with Crippen LogP contribution in [-0.4, -0.2) is 27.2 Å². The van der Waals surface area contributed by atoms with E-state index in [1.807, 2.05) is 24.3 Å². The zero-order valence-corrected chi connectivity index (χ0v) is 11.9. The van der Waals surface area contributed by atoms with E-state index >= 15 is 0 Å². The Hall–Kier alpha value is -1.44. The smallest absolute Gasteiger partial charge is 0.251 e. The minimum atomic E-state index is -0.0370. The molecule has 1 N–H and O–H groups in total. The van der Waals surface area contributed by atoms with Crippen molar-refractivity contribution in [2.24, 2.45) is 0 Å². The molecule has 0 aliphatic rings. The number of carbonyl (C=O) groups is 1. The molecule has 0 aliphatic heterocycles. The molecule has 18 heavy (non-hydrogen) atoms. The van der Waals surface area contributed by atoms with Crippen LogP contribution in [0.25, 0.3) is 0 Å². The lowest BCUT2D eigenvalue weighted by atomic mass is 10.2. The van der Waals surface area contributed by atoms with Crippen LogP contribution >= 0.6 is 22.6 Å². The number of benzene rings is 1. The summed E-state index contributed by atoms with van der Waals surface area (Å²) in [6.45, 7) is 1.39. The zero-order chi connectivity index (χ0) is 12.8. The third-order valence-corrected chi connectivity index (χ3v) is 3.14. The van der Waals surface area contributed by atoms with Gasteiger partial charge in [-0.25, -0.2) is 4.98 Å². The Bertz CT molecular complexity index is 495. The number of nitrogens with one attached hydrogen (secondary N) is 1. The van der Waals surface area contributed by atoms with Gasteiger partial charge >= 0.3 is 0 Å². The van der Waals surface area contributed by atoms with Crippen molar-refractivity contribution >= 4 is 28.5 Å². The van der Waals surface area contributed by atoms with Gasteiger partial charge in [-0.3, -0.25) is 9.48 Å². The third kappa shape index (κ3) is 3.80. The maximum atomic E-state index is 11.8. The van der Waals surface area contributed by atoms with Crippen molar-refractivity contribution in [1.82, 2.24) is 20.1 Å². The molecular weight excluding hydrogens is 343 g/mol. The quantitative estimate of drug-likeness (QED) is 0.656. The number of nitrogens with zero attached hydrogens (tertiary/aromatic N) is 3. The van der Waals surface area contributed by atoms with Crippen LogP contribution in [-0.2, 0) is 6.54 Å². The molecule has 5 nitrogen and oxygen atoms in total. The lowest BCUT2D eigenvalue weighted by Crippen LogP contribution is -2.25. The molecule has 1 amide bonds. The molecule has 0 fully saturated rings. The average molecular weight is 356 g/mol. The van der Waals surface area contributed by atoms with Gasteiger partial charge in [-0.1, -0.05) is 0 Å². The van der Waals surface area contributed by atoms with Crippen LogP contribution in [0, 0.1) is 3.57 Å². The highest BCUT2D eigenvalue weighted by Gasteiger charge is 2.03. The van der Waals surface area contributed by atoms with Crippen LogP contribution in [0.15, 0.2) is 36.9 Å². The molecular formula is C12H13IN4O. The standard InChI is InChI=1S/C12H13IN4O/c13-11-4-2-10(3-5-11)12(18)15-6-1-7-17-9-14-8-16-17/h2-5,8-9H,1,6-7H2,(H,15,18). The van der Waals surface area contributed by atoms with Crippen molar-refractivity contribution in [3.63, 3.8) is 0 Å². The van der Waals surface area contributed by atoms with Gasteiger partial charge in [0, 0.05) is 22.2 Å². The predicted octanol–water partition coefficient (Wildman–Crippen LogP) is 1.70. The lowest BCUT2D eigenvalue weighted by Gasteiger charge is -2.05. The van der Waals surface area contributed by atoms with Gasteiger partial charge in [-0.15, -0.1) is 0 Å². The van der Waals surface area contributed by atoms with E-state index in [0.29, 0.717) is 12.1 Å². The third-order valence-electron chi connectivity index (χ3n) is 2.42. The fourth-order valence-corrected chi connectivity index (χ4v) is 1.85. The SMILES string of the molecule is O=C(NCCCn1cncn1)c1ccc(I)cc1. The molecule has 0 atom stereocenters. The number of halogens is 1. The number of amides is 1. The summed E-state index contributed by atoms with van der Waals surface area (Å²) in [6, 6.07) is 7.50. The Morgan fingerprint density at radius 2 is 2.11 bits per heavy atom. The van der Waals surface area contributed by atoms with Crippen molar-refractivity contribution in [1.29, 1.82) is 0 Å². The van der Waals surface area contributed by atoms with E-state index in [2.05, 4.69) is 38.0 Å². The second-order valence-electron chi connectivity index (χ2n) is 3.77. The maximum Gasteiger partial charge on any atom is 0.251 e. The van der Waals surface area contributed by atoms with Crippen molar-refractivity contribution < 1.29 is 4.79 Å². The van der Waals surface area contributed by atoms with Gasteiger partial charge < -0.3 is 5.32 Å². The highest BCUT2D eigenvalue weighted by molar-refractivity contribution is 14.1. The Morgan fingerprint density at radius 1 is 1.33 bits per heavy atom. The van der Waals surface area contributed by atoms with Gasteiger partial charge in [-0.2, -0.15) is 5.10 Å². The monoisotopic (exact) mass is 356 g/mol.